The van der Waals surface area contributed by atoms with Crippen molar-refractivity contribution >= 4 is 34.2 Å². The van der Waals surface area contributed by atoms with Gasteiger partial charge in [-0.3, -0.25) is 9.00 Å². The number of hydrogen-bond donors (Lipinski definition) is 2. The Kier molecular flexibility index (Phi) is 6.06. The maximum atomic E-state index is 12.0. The Morgan fingerprint density at radius 2 is 2.40 bits per heavy atom. The number of rotatable bonds is 5. The van der Waals surface area contributed by atoms with E-state index < -0.39 is 10.8 Å². The summed E-state index contributed by atoms with van der Waals surface area (Å²) in [6, 6.07) is 7.83. The lowest BCUT2D eigenvalue weighted by Gasteiger charge is -2.22. The lowest BCUT2D eigenvalue weighted by Crippen LogP contribution is -2.39. The second kappa shape index (κ2) is 7.81. The molecule has 20 heavy (non-hydrogen) atoms. The molecule has 1 aromatic carbocycles. The molecule has 0 spiro atoms. The highest BCUT2D eigenvalue weighted by Crippen LogP contribution is 2.14. The van der Waals surface area contributed by atoms with Crippen molar-refractivity contribution in [1.29, 1.82) is 0 Å². The first-order valence-electron chi connectivity index (χ1n) is 6.63. The number of hydrogen-bond acceptors (Lipinski definition) is 4. The van der Waals surface area contributed by atoms with Crippen LogP contribution in [0.5, 0.6) is 0 Å². The average Bonchev–Trinajstić information content (AvgIpc) is 2.39. The zero-order valence-corrected chi connectivity index (χ0v) is 13.2. The van der Waals surface area contributed by atoms with Gasteiger partial charge in [-0.05, 0) is 17.7 Å². The number of carbonyl (C=O) groups excluding carboxylic acids is 1. The van der Waals surface area contributed by atoms with Crippen molar-refractivity contribution in [3.05, 3.63) is 29.8 Å². The Morgan fingerprint density at radius 3 is 3.10 bits per heavy atom. The molecule has 2 unspecified atom stereocenters. The van der Waals surface area contributed by atoms with Crippen molar-refractivity contribution < 1.29 is 9.00 Å². The third-order valence-electron chi connectivity index (χ3n) is 3.01. The SMILES string of the molecule is CS(=O)Cc1cccc(NC(=O)CC2CSCCN2)c1. The van der Waals surface area contributed by atoms with Gasteiger partial charge >= 0.3 is 0 Å². The Hall–Kier alpha value is -0.850. The first kappa shape index (κ1) is 15.5. The van der Waals surface area contributed by atoms with Crippen molar-refractivity contribution in [3.8, 4) is 0 Å². The average molecular weight is 312 g/mol. The summed E-state index contributed by atoms with van der Waals surface area (Å²) in [5, 5.41) is 6.27. The van der Waals surface area contributed by atoms with Crippen molar-refractivity contribution in [1.82, 2.24) is 5.32 Å². The van der Waals surface area contributed by atoms with E-state index in [1.165, 1.54) is 0 Å². The Balaban J connectivity index is 1.88. The van der Waals surface area contributed by atoms with E-state index in [2.05, 4.69) is 10.6 Å². The highest BCUT2D eigenvalue weighted by molar-refractivity contribution is 7.99. The monoisotopic (exact) mass is 312 g/mol. The number of benzene rings is 1. The summed E-state index contributed by atoms with van der Waals surface area (Å²) in [4.78, 5) is 12.0. The molecule has 1 aliphatic rings. The molecule has 2 atom stereocenters. The summed E-state index contributed by atoms with van der Waals surface area (Å²) in [6.45, 7) is 0.973. The van der Waals surface area contributed by atoms with Crippen molar-refractivity contribution in [3.63, 3.8) is 0 Å². The van der Waals surface area contributed by atoms with E-state index in [4.69, 9.17) is 0 Å². The second-order valence-corrected chi connectivity index (χ2v) is 7.48. The quantitative estimate of drug-likeness (QED) is 0.867. The third-order valence-corrected chi connectivity index (χ3v) is 4.88. The third kappa shape index (κ3) is 5.26. The summed E-state index contributed by atoms with van der Waals surface area (Å²) in [7, 11) is -0.869. The molecule has 0 saturated carbocycles. The van der Waals surface area contributed by atoms with Gasteiger partial charge in [0.25, 0.3) is 0 Å². The first-order chi connectivity index (χ1) is 9.63. The van der Waals surface area contributed by atoms with Crippen LogP contribution in [-0.4, -0.2) is 40.5 Å². The molecule has 1 saturated heterocycles. The van der Waals surface area contributed by atoms with Gasteiger partial charge in [0.1, 0.15) is 0 Å². The lowest BCUT2D eigenvalue weighted by molar-refractivity contribution is -0.116. The zero-order chi connectivity index (χ0) is 14.4. The van der Waals surface area contributed by atoms with E-state index in [9.17, 15) is 9.00 Å². The standard InChI is InChI=1S/C14H20N2O2S2/c1-20(18)10-11-3-2-4-12(7-11)16-14(17)8-13-9-19-6-5-15-13/h2-4,7,13,15H,5-6,8-10H2,1H3,(H,16,17). The fourth-order valence-electron chi connectivity index (χ4n) is 2.16. The van der Waals surface area contributed by atoms with E-state index in [0.717, 1.165) is 29.3 Å². The predicted molar refractivity (Wildman–Crippen MR) is 86.6 cm³/mol. The van der Waals surface area contributed by atoms with Gasteiger partial charge in [0.05, 0.1) is 0 Å². The van der Waals surface area contributed by atoms with Crippen LogP contribution in [0.1, 0.15) is 12.0 Å². The molecular weight excluding hydrogens is 292 g/mol. The largest absolute Gasteiger partial charge is 0.326 e. The first-order valence-corrected chi connectivity index (χ1v) is 9.51. The van der Waals surface area contributed by atoms with Crippen LogP contribution >= 0.6 is 11.8 Å². The Morgan fingerprint density at radius 1 is 1.55 bits per heavy atom. The maximum absolute atomic E-state index is 12.0. The minimum absolute atomic E-state index is 0.0276. The van der Waals surface area contributed by atoms with E-state index >= 15 is 0 Å². The maximum Gasteiger partial charge on any atom is 0.225 e. The van der Waals surface area contributed by atoms with Crippen LogP contribution in [0.3, 0.4) is 0 Å². The molecule has 6 heteroatoms. The van der Waals surface area contributed by atoms with Gasteiger partial charge < -0.3 is 10.6 Å². The fourth-order valence-corrected chi connectivity index (χ4v) is 3.76. The van der Waals surface area contributed by atoms with Gasteiger partial charge in [-0.25, -0.2) is 0 Å². The van der Waals surface area contributed by atoms with Crippen LogP contribution in [-0.2, 0) is 21.3 Å². The molecule has 1 amide bonds. The molecule has 0 radical (unpaired) electrons. The van der Waals surface area contributed by atoms with Gasteiger partial charge in [-0.15, -0.1) is 0 Å². The molecule has 1 aromatic rings. The number of carbonyl (C=O) groups is 1. The molecule has 1 heterocycles. The van der Waals surface area contributed by atoms with Gasteiger partial charge in [-0.1, -0.05) is 12.1 Å². The smallest absolute Gasteiger partial charge is 0.225 e. The second-order valence-electron chi connectivity index (χ2n) is 4.90. The summed E-state index contributed by atoms with van der Waals surface area (Å²) in [5.41, 5.74) is 1.76. The molecule has 0 bridgehead atoms. The molecule has 2 rings (SSSR count). The normalized spacial score (nSPS) is 20.4. The molecule has 1 fully saturated rings. The summed E-state index contributed by atoms with van der Waals surface area (Å²) < 4.78 is 11.2. The van der Waals surface area contributed by atoms with Gasteiger partial charge in [0.15, 0.2) is 0 Å². The van der Waals surface area contributed by atoms with Crippen LogP contribution in [0.15, 0.2) is 24.3 Å². The molecule has 2 N–H and O–H groups in total. The van der Waals surface area contributed by atoms with E-state index in [-0.39, 0.29) is 11.9 Å². The molecule has 0 aromatic heterocycles. The van der Waals surface area contributed by atoms with Gasteiger partial charge in [0, 0.05) is 59.0 Å². The van der Waals surface area contributed by atoms with Crippen LogP contribution in [0, 0.1) is 0 Å². The molecule has 1 aliphatic heterocycles. The molecular formula is C14H20N2O2S2. The predicted octanol–water partition coefficient (Wildman–Crippen LogP) is 1.60. The van der Waals surface area contributed by atoms with E-state index in [1.807, 2.05) is 36.0 Å². The number of amides is 1. The van der Waals surface area contributed by atoms with Gasteiger partial charge in [-0.2, -0.15) is 11.8 Å². The number of anilines is 1. The van der Waals surface area contributed by atoms with E-state index in [1.54, 1.807) is 6.26 Å². The fraction of sp³-hybridized carbons (Fsp3) is 0.500. The molecule has 110 valence electrons. The Bertz CT molecular complexity index is 488. The van der Waals surface area contributed by atoms with Crippen LogP contribution in [0.4, 0.5) is 5.69 Å². The lowest BCUT2D eigenvalue weighted by atomic mass is 10.2. The Labute approximate surface area is 126 Å². The van der Waals surface area contributed by atoms with Crippen molar-refractivity contribution in [2.75, 3.05) is 29.6 Å². The molecule has 4 nitrogen and oxygen atoms in total. The number of thioether (sulfide) groups is 1. The minimum Gasteiger partial charge on any atom is -0.326 e. The van der Waals surface area contributed by atoms with Crippen molar-refractivity contribution in [2.45, 2.75) is 18.2 Å². The minimum atomic E-state index is -0.869. The molecule has 0 aliphatic carbocycles. The highest BCUT2D eigenvalue weighted by Gasteiger charge is 2.16. The van der Waals surface area contributed by atoms with Crippen LogP contribution < -0.4 is 10.6 Å². The summed E-state index contributed by atoms with van der Waals surface area (Å²) >= 11 is 1.88. The number of nitrogens with one attached hydrogen (secondary N) is 2. The van der Waals surface area contributed by atoms with Crippen molar-refractivity contribution in [2.24, 2.45) is 0 Å². The van der Waals surface area contributed by atoms with Crippen LogP contribution in [0.2, 0.25) is 0 Å². The zero-order valence-electron chi connectivity index (χ0n) is 11.6. The highest BCUT2D eigenvalue weighted by atomic mass is 32.2. The topological polar surface area (TPSA) is 58.2 Å². The van der Waals surface area contributed by atoms with E-state index in [0.29, 0.717) is 12.2 Å². The van der Waals surface area contributed by atoms with Crippen LogP contribution in [0.25, 0.3) is 0 Å². The summed E-state index contributed by atoms with van der Waals surface area (Å²) in [5.74, 6) is 2.65. The van der Waals surface area contributed by atoms with Gasteiger partial charge in [0.2, 0.25) is 5.91 Å². The summed E-state index contributed by atoms with van der Waals surface area (Å²) in [6.07, 6.45) is 2.18.